The number of fused-ring (bicyclic) bond motifs is 3. The maximum absolute atomic E-state index is 12.5. The highest BCUT2D eigenvalue weighted by molar-refractivity contribution is 5.84. The lowest BCUT2D eigenvalue weighted by atomic mass is 9.79. The Labute approximate surface area is 193 Å². The molecule has 7 heteroatoms. The second-order valence-electron chi connectivity index (χ2n) is 8.85. The van der Waals surface area contributed by atoms with E-state index in [2.05, 4.69) is 34.9 Å². The number of amides is 2. The van der Waals surface area contributed by atoms with Gasteiger partial charge in [0.1, 0.15) is 12.6 Å². The summed E-state index contributed by atoms with van der Waals surface area (Å²) in [7, 11) is 0. The van der Waals surface area contributed by atoms with E-state index in [9.17, 15) is 19.5 Å². The van der Waals surface area contributed by atoms with Crippen molar-refractivity contribution in [1.82, 2.24) is 10.6 Å². The van der Waals surface area contributed by atoms with E-state index in [4.69, 9.17) is 4.74 Å². The number of alkyl carbamates (subject to hydrolysis) is 1. The standard InChI is InChI=1S/C26H30N2O5/c1-2-17(14-23(29)28-24(25(30)31)16-8-7-9-16)27-26(32)33-15-22-20-12-5-3-10-18(20)19-11-4-6-13-21(19)22/h3-6,10-13,16-17,22,24H,2,7-9,14-15H2,1H3,(H,27,32)(H,28,29)(H,30,31)/t17-,24?/m1/s1. The summed E-state index contributed by atoms with van der Waals surface area (Å²) < 4.78 is 5.56. The summed E-state index contributed by atoms with van der Waals surface area (Å²) in [5.74, 6) is -1.43. The molecule has 0 aromatic heterocycles. The monoisotopic (exact) mass is 450 g/mol. The molecule has 1 fully saturated rings. The zero-order valence-electron chi connectivity index (χ0n) is 18.8. The number of ether oxygens (including phenoxy) is 1. The van der Waals surface area contributed by atoms with Gasteiger partial charge in [-0.3, -0.25) is 4.79 Å². The fraction of sp³-hybridized carbons (Fsp3) is 0.423. The van der Waals surface area contributed by atoms with Gasteiger partial charge < -0.3 is 20.5 Å². The van der Waals surface area contributed by atoms with Crippen LogP contribution in [0, 0.1) is 5.92 Å². The van der Waals surface area contributed by atoms with E-state index in [-0.39, 0.29) is 30.8 Å². The van der Waals surface area contributed by atoms with Crippen molar-refractivity contribution < 1.29 is 24.2 Å². The Hall–Kier alpha value is -3.35. The molecule has 2 atom stereocenters. The smallest absolute Gasteiger partial charge is 0.407 e. The zero-order valence-corrected chi connectivity index (χ0v) is 18.8. The molecule has 3 N–H and O–H groups in total. The summed E-state index contributed by atoms with van der Waals surface area (Å²) in [6.07, 6.45) is 2.57. The zero-order chi connectivity index (χ0) is 23.4. The van der Waals surface area contributed by atoms with Crippen molar-refractivity contribution in [2.45, 2.75) is 57.0 Å². The van der Waals surface area contributed by atoms with Gasteiger partial charge in [-0.25, -0.2) is 9.59 Å². The minimum atomic E-state index is -1.01. The molecular formula is C26H30N2O5. The third kappa shape index (κ3) is 5.02. The lowest BCUT2D eigenvalue weighted by Crippen LogP contribution is -2.49. The molecule has 0 bridgehead atoms. The van der Waals surface area contributed by atoms with Gasteiger partial charge in [0.25, 0.3) is 0 Å². The van der Waals surface area contributed by atoms with Crippen LogP contribution in [-0.4, -0.2) is 41.8 Å². The first-order chi connectivity index (χ1) is 16.0. The van der Waals surface area contributed by atoms with Gasteiger partial charge in [0.05, 0.1) is 0 Å². The van der Waals surface area contributed by atoms with Gasteiger partial charge in [0.2, 0.25) is 5.91 Å². The van der Waals surface area contributed by atoms with Crippen LogP contribution in [0.1, 0.15) is 56.1 Å². The first-order valence-corrected chi connectivity index (χ1v) is 11.6. The summed E-state index contributed by atoms with van der Waals surface area (Å²) in [6, 6.07) is 14.9. The molecule has 0 saturated heterocycles. The fourth-order valence-corrected chi connectivity index (χ4v) is 4.71. The molecule has 0 aliphatic heterocycles. The van der Waals surface area contributed by atoms with Crippen LogP contribution < -0.4 is 10.6 Å². The third-order valence-electron chi connectivity index (χ3n) is 6.79. The molecule has 2 aromatic carbocycles. The number of aliphatic carboxylic acids is 1. The highest BCUT2D eigenvalue weighted by atomic mass is 16.5. The average molecular weight is 451 g/mol. The summed E-state index contributed by atoms with van der Waals surface area (Å²) in [4.78, 5) is 36.4. The predicted octanol–water partition coefficient (Wildman–Crippen LogP) is 4.06. The normalized spacial score (nSPS) is 16.6. The average Bonchev–Trinajstić information content (AvgIpc) is 3.09. The minimum Gasteiger partial charge on any atom is -0.480 e. The first kappa shape index (κ1) is 22.8. The number of carboxylic acid groups (broad SMARTS) is 1. The summed E-state index contributed by atoms with van der Waals surface area (Å²) in [6.45, 7) is 2.06. The van der Waals surface area contributed by atoms with Crippen LogP contribution in [-0.2, 0) is 14.3 Å². The molecule has 7 nitrogen and oxygen atoms in total. The van der Waals surface area contributed by atoms with E-state index in [0.717, 1.165) is 41.5 Å². The maximum atomic E-state index is 12.5. The van der Waals surface area contributed by atoms with Gasteiger partial charge in [0.15, 0.2) is 0 Å². The van der Waals surface area contributed by atoms with Crippen LogP contribution >= 0.6 is 0 Å². The minimum absolute atomic E-state index is 0.0111. The topological polar surface area (TPSA) is 105 Å². The van der Waals surface area contributed by atoms with E-state index in [0.29, 0.717) is 6.42 Å². The van der Waals surface area contributed by atoms with Gasteiger partial charge >= 0.3 is 12.1 Å². The Bertz CT molecular complexity index is 987. The van der Waals surface area contributed by atoms with E-state index in [1.165, 1.54) is 0 Å². The van der Waals surface area contributed by atoms with Gasteiger partial charge in [-0.15, -0.1) is 0 Å². The van der Waals surface area contributed by atoms with E-state index in [1.807, 2.05) is 31.2 Å². The number of nitrogens with one attached hydrogen (secondary N) is 2. The van der Waals surface area contributed by atoms with Crippen LogP contribution in [0.25, 0.3) is 11.1 Å². The van der Waals surface area contributed by atoms with E-state index in [1.54, 1.807) is 0 Å². The third-order valence-corrected chi connectivity index (χ3v) is 6.79. The van der Waals surface area contributed by atoms with Crippen molar-refractivity contribution in [2.24, 2.45) is 5.92 Å². The summed E-state index contributed by atoms with van der Waals surface area (Å²) >= 11 is 0. The number of benzene rings is 2. The lowest BCUT2D eigenvalue weighted by Gasteiger charge is -2.31. The van der Waals surface area contributed by atoms with Gasteiger partial charge in [-0.05, 0) is 47.4 Å². The number of hydrogen-bond donors (Lipinski definition) is 3. The van der Waals surface area contributed by atoms with E-state index >= 15 is 0 Å². The second-order valence-corrected chi connectivity index (χ2v) is 8.85. The Morgan fingerprint density at radius 3 is 2.12 bits per heavy atom. The molecule has 1 saturated carbocycles. The molecule has 2 aromatic rings. The largest absolute Gasteiger partial charge is 0.480 e. The number of rotatable bonds is 9. The van der Waals surface area contributed by atoms with Crippen molar-refractivity contribution in [3.8, 4) is 11.1 Å². The SMILES string of the molecule is CC[C@H](CC(=O)NC(C(=O)O)C1CCC1)NC(=O)OCC1c2ccccc2-c2ccccc21. The number of carbonyl (C=O) groups excluding carboxylic acids is 2. The Morgan fingerprint density at radius 2 is 1.61 bits per heavy atom. The molecule has 0 spiro atoms. The van der Waals surface area contributed by atoms with E-state index < -0.39 is 24.1 Å². The van der Waals surface area contributed by atoms with Crippen LogP contribution in [0.3, 0.4) is 0 Å². The molecule has 2 amide bonds. The fourth-order valence-electron chi connectivity index (χ4n) is 4.71. The lowest BCUT2D eigenvalue weighted by molar-refractivity contribution is -0.144. The van der Waals surface area contributed by atoms with Crippen LogP contribution in [0.4, 0.5) is 4.79 Å². The molecule has 4 rings (SSSR count). The van der Waals surface area contributed by atoms with Gasteiger partial charge in [-0.2, -0.15) is 0 Å². The Morgan fingerprint density at radius 1 is 1.00 bits per heavy atom. The molecule has 0 radical (unpaired) electrons. The summed E-state index contributed by atoms with van der Waals surface area (Å²) in [5.41, 5.74) is 4.58. The Balaban J connectivity index is 1.31. The molecule has 1 unspecified atom stereocenters. The predicted molar refractivity (Wildman–Crippen MR) is 124 cm³/mol. The maximum Gasteiger partial charge on any atom is 0.407 e. The Kier molecular flexibility index (Phi) is 6.96. The van der Waals surface area contributed by atoms with Crippen LogP contribution in [0.5, 0.6) is 0 Å². The number of hydrogen-bond acceptors (Lipinski definition) is 4. The second kappa shape index (κ2) is 10.1. The highest BCUT2D eigenvalue weighted by Gasteiger charge is 2.34. The van der Waals surface area contributed by atoms with Crippen LogP contribution in [0.15, 0.2) is 48.5 Å². The van der Waals surface area contributed by atoms with Crippen molar-refractivity contribution in [2.75, 3.05) is 6.61 Å². The van der Waals surface area contributed by atoms with Gasteiger partial charge in [-0.1, -0.05) is 61.9 Å². The molecule has 33 heavy (non-hydrogen) atoms. The van der Waals surface area contributed by atoms with Gasteiger partial charge in [0, 0.05) is 18.4 Å². The van der Waals surface area contributed by atoms with Crippen molar-refractivity contribution in [3.63, 3.8) is 0 Å². The molecule has 2 aliphatic rings. The molecule has 174 valence electrons. The van der Waals surface area contributed by atoms with Crippen LogP contribution in [0.2, 0.25) is 0 Å². The molecule has 2 aliphatic carbocycles. The number of carbonyl (C=O) groups is 3. The first-order valence-electron chi connectivity index (χ1n) is 11.6. The summed E-state index contributed by atoms with van der Waals surface area (Å²) in [5, 5.41) is 14.8. The van der Waals surface area contributed by atoms with Crippen molar-refractivity contribution >= 4 is 18.0 Å². The van der Waals surface area contributed by atoms with Crippen molar-refractivity contribution in [3.05, 3.63) is 59.7 Å². The highest BCUT2D eigenvalue weighted by Crippen LogP contribution is 2.44. The number of carboxylic acids is 1. The molecule has 0 heterocycles. The quantitative estimate of drug-likeness (QED) is 0.534. The van der Waals surface area contributed by atoms with Crippen molar-refractivity contribution in [1.29, 1.82) is 0 Å². The molecular weight excluding hydrogens is 420 g/mol.